The third-order valence-corrected chi connectivity index (χ3v) is 2.99. The fourth-order valence-corrected chi connectivity index (χ4v) is 1.95. The lowest BCUT2D eigenvalue weighted by atomic mass is 9.96. The maximum absolute atomic E-state index is 11.8. The molecular formula is C16H22O4. The maximum Gasteiger partial charge on any atom is 0.315 e. The van der Waals surface area contributed by atoms with Crippen LogP contribution in [0.3, 0.4) is 0 Å². The van der Waals surface area contributed by atoms with Crippen molar-refractivity contribution in [3.05, 3.63) is 48.0 Å². The van der Waals surface area contributed by atoms with Gasteiger partial charge in [0.25, 0.3) is 0 Å². The average molecular weight is 278 g/mol. The largest absolute Gasteiger partial charge is 0.465 e. The molecule has 0 aromatic heterocycles. The Hall–Kier alpha value is -1.65. The third-order valence-electron chi connectivity index (χ3n) is 2.99. The van der Waals surface area contributed by atoms with E-state index in [1.807, 2.05) is 30.3 Å². The summed E-state index contributed by atoms with van der Waals surface area (Å²) in [6, 6.07) is 9.78. The molecule has 20 heavy (non-hydrogen) atoms. The van der Waals surface area contributed by atoms with Gasteiger partial charge < -0.3 is 14.9 Å². The molecule has 0 spiro atoms. The van der Waals surface area contributed by atoms with Gasteiger partial charge in [-0.1, -0.05) is 42.5 Å². The van der Waals surface area contributed by atoms with E-state index < -0.39 is 18.0 Å². The number of carbonyl (C=O) groups excluding carboxylic acids is 1. The van der Waals surface area contributed by atoms with E-state index >= 15 is 0 Å². The number of carbonyl (C=O) groups is 1. The van der Waals surface area contributed by atoms with E-state index in [1.54, 1.807) is 6.92 Å². The maximum atomic E-state index is 11.8. The van der Waals surface area contributed by atoms with Gasteiger partial charge in [-0.25, -0.2) is 0 Å². The van der Waals surface area contributed by atoms with Gasteiger partial charge in [0.1, 0.15) is 5.92 Å². The molecule has 0 aliphatic heterocycles. The van der Waals surface area contributed by atoms with Crippen LogP contribution in [0.25, 0.3) is 0 Å². The number of ether oxygens (including phenoxy) is 1. The van der Waals surface area contributed by atoms with Crippen molar-refractivity contribution in [2.45, 2.75) is 25.9 Å². The smallest absolute Gasteiger partial charge is 0.315 e. The Morgan fingerprint density at radius 1 is 1.35 bits per heavy atom. The zero-order chi connectivity index (χ0) is 14.8. The number of esters is 1. The number of aliphatic hydroxyl groups excluding tert-OH is 2. The molecule has 0 aliphatic carbocycles. The van der Waals surface area contributed by atoms with Crippen LogP contribution in [0.2, 0.25) is 0 Å². The normalized spacial score (nSPS) is 14.2. The van der Waals surface area contributed by atoms with Gasteiger partial charge in [0.2, 0.25) is 0 Å². The highest BCUT2D eigenvalue weighted by atomic mass is 16.5. The number of benzene rings is 1. The molecular weight excluding hydrogens is 256 g/mol. The van der Waals surface area contributed by atoms with Crippen LogP contribution in [0, 0.1) is 5.92 Å². The molecule has 0 saturated carbocycles. The Morgan fingerprint density at radius 3 is 2.65 bits per heavy atom. The minimum absolute atomic E-state index is 0.165. The molecule has 1 aromatic carbocycles. The molecule has 4 nitrogen and oxygen atoms in total. The highest BCUT2D eigenvalue weighted by Crippen LogP contribution is 2.15. The Morgan fingerprint density at radius 2 is 2.05 bits per heavy atom. The number of hydrogen-bond acceptors (Lipinski definition) is 4. The molecule has 0 saturated heterocycles. The van der Waals surface area contributed by atoms with E-state index in [4.69, 9.17) is 9.84 Å². The van der Waals surface area contributed by atoms with Crippen molar-refractivity contribution in [2.24, 2.45) is 5.92 Å². The molecule has 110 valence electrons. The number of aryl methyl sites for hydroxylation is 1. The van der Waals surface area contributed by atoms with Gasteiger partial charge in [-0.3, -0.25) is 4.79 Å². The van der Waals surface area contributed by atoms with Gasteiger partial charge in [-0.2, -0.15) is 0 Å². The molecule has 0 radical (unpaired) electrons. The predicted molar refractivity (Wildman–Crippen MR) is 77.1 cm³/mol. The van der Waals surface area contributed by atoms with Crippen LogP contribution in [-0.4, -0.2) is 35.5 Å². The summed E-state index contributed by atoms with van der Waals surface area (Å²) in [4.78, 5) is 11.8. The molecule has 0 aliphatic rings. The van der Waals surface area contributed by atoms with E-state index in [1.165, 1.54) is 12.2 Å². The lowest BCUT2D eigenvalue weighted by Crippen LogP contribution is -2.29. The van der Waals surface area contributed by atoms with Crippen molar-refractivity contribution < 1.29 is 19.7 Å². The molecule has 2 atom stereocenters. The summed E-state index contributed by atoms with van der Waals surface area (Å²) in [5.74, 6) is -1.19. The third kappa shape index (κ3) is 5.55. The molecule has 0 fully saturated rings. The van der Waals surface area contributed by atoms with Gasteiger partial charge in [0.15, 0.2) is 0 Å². The van der Waals surface area contributed by atoms with Crippen molar-refractivity contribution in [1.82, 2.24) is 0 Å². The molecule has 1 aromatic rings. The van der Waals surface area contributed by atoms with E-state index in [0.29, 0.717) is 12.8 Å². The topological polar surface area (TPSA) is 66.8 Å². The highest BCUT2D eigenvalue weighted by molar-refractivity contribution is 5.75. The van der Waals surface area contributed by atoms with Gasteiger partial charge in [-0.15, -0.1) is 0 Å². The first-order valence-electron chi connectivity index (χ1n) is 6.85. The fraction of sp³-hybridized carbons (Fsp3) is 0.438. The van der Waals surface area contributed by atoms with Crippen LogP contribution >= 0.6 is 0 Å². The first-order valence-corrected chi connectivity index (χ1v) is 6.85. The standard InChI is InChI=1S/C16H22O4/c1-2-20-16(19)14(9-6-12-17)15(18)11-10-13-7-4-3-5-8-13/h3-9,14-15,17-18H,2,10-12H2,1H3/b9-6+/t14-,15-/m0/s1. The van der Waals surface area contributed by atoms with Crippen molar-refractivity contribution in [1.29, 1.82) is 0 Å². The van der Waals surface area contributed by atoms with Crippen LogP contribution in [-0.2, 0) is 16.0 Å². The summed E-state index contributed by atoms with van der Waals surface area (Å²) < 4.78 is 4.94. The number of aliphatic hydroxyl groups is 2. The Kier molecular flexibility index (Phi) is 7.62. The van der Waals surface area contributed by atoms with Crippen LogP contribution in [0.1, 0.15) is 18.9 Å². The second kappa shape index (κ2) is 9.28. The summed E-state index contributed by atoms with van der Waals surface area (Å²) in [7, 11) is 0. The highest BCUT2D eigenvalue weighted by Gasteiger charge is 2.25. The summed E-state index contributed by atoms with van der Waals surface area (Å²) in [5, 5.41) is 19.0. The number of hydrogen-bond donors (Lipinski definition) is 2. The molecule has 1 rings (SSSR count). The average Bonchev–Trinajstić information content (AvgIpc) is 2.47. The second-order valence-electron chi connectivity index (χ2n) is 4.48. The van der Waals surface area contributed by atoms with Crippen LogP contribution < -0.4 is 0 Å². The van der Waals surface area contributed by atoms with Crippen molar-refractivity contribution in [3.63, 3.8) is 0 Å². The van der Waals surface area contributed by atoms with Crippen molar-refractivity contribution >= 4 is 5.97 Å². The minimum atomic E-state index is -0.822. The Labute approximate surface area is 119 Å². The van der Waals surface area contributed by atoms with Crippen LogP contribution in [0.5, 0.6) is 0 Å². The molecule has 2 N–H and O–H groups in total. The minimum Gasteiger partial charge on any atom is -0.465 e. The van der Waals surface area contributed by atoms with Crippen LogP contribution in [0.4, 0.5) is 0 Å². The summed E-state index contributed by atoms with van der Waals surface area (Å²) in [6.07, 6.45) is 3.28. The van der Waals surface area contributed by atoms with E-state index in [9.17, 15) is 9.90 Å². The van der Waals surface area contributed by atoms with Gasteiger partial charge in [-0.05, 0) is 25.3 Å². The Balaban J connectivity index is 2.60. The van der Waals surface area contributed by atoms with Crippen molar-refractivity contribution in [2.75, 3.05) is 13.2 Å². The molecule has 0 heterocycles. The zero-order valence-electron chi connectivity index (χ0n) is 11.7. The second-order valence-corrected chi connectivity index (χ2v) is 4.48. The molecule has 0 bridgehead atoms. The van der Waals surface area contributed by atoms with Gasteiger partial charge in [0, 0.05) is 0 Å². The fourth-order valence-electron chi connectivity index (χ4n) is 1.95. The number of rotatable bonds is 8. The first-order chi connectivity index (χ1) is 9.69. The van der Waals surface area contributed by atoms with E-state index in [2.05, 4.69) is 0 Å². The first kappa shape index (κ1) is 16.4. The Bertz CT molecular complexity index is 414. The summed E-state index contributed by atoms with van der Waals surface area (Å²) in [6.45, 7) is 1.83. The molecule has 0 amide bonds. The van der Waals surface area contributed by atoms with E-state index in [-0.39, 0.29) is 13.2 Å². The zero-order valence-corrected chi connectivity index (χ0v) is 11.7. The van der Waals surface area contributed by atoms with Gasteiger partial charge in [0.05, 0.1) is 19.3 Å². The molecule has 4 heteroatoms. The SMILES string of the molecule is CCOC(=O)[C@@H](/C=C/CO)[C@@H](O)CCc1ccccc1. The van der Waals surface area contributed by atoms with E-state index in [0.717, 1.165) is 5.56 Å². The summed E-state index contributed by atoms with van der Waals surface area (Å²) in [5.41, 5.74) is 1.11. The monoisotopic (exact) mass is 278 g/mol. The lowest BCUT2D eigenvalue weighted by Gasteiger charge is -2.18. The van der Waals surface area contributed by atoms with Crippen LogP contribution in [0.15, 0.2) is 42.5 Å². The molecule has 0 unspecified atom stereocenters. The van der Waals surface area contributed by atoms with Gasteiger partial charge >= 0.3 is 5.97 Å². The van der Waals surface area contributed by atoms with Crippen molar-refractivity contribution in [3.8, 4) is 0 Å². The quantitative estimate of drug-likeness (QED) is 0.561. The summed E-state index contributed by atoms with van der Waals surface area (Å²) >= 11 is 0. The predicted octanol–water partition coefficient (Wildman–Crippen LogP) is 1.71. The lowest BCUT2D eigenvalue weighted by molar-refractivity contribution is -0.149.